The van der Waals surface area contributed by atoms with Gasteiger partial charge in [0.2, 0.25) is 0 Å². The van der Waals surface area contributed by atoms with Gasteiger partial charge in [0, 0.05) is 12.1 Å². The Morgan fingerprint density at radius 1 is 0.900 bits per heavy atom. The van der Waals surface area contributed by atoms with Gasteiger partial charge in [0.1, 0.15) is 17.2 Å². The molecule has 0 amide bonds. The molecule has 2 rings (SSSR count). The molecule has 0 radical (unpaired) electrons. The summed E-state index contributed by atoms with van der Waals surface area (Å²) in [5.41, 5.74) is 7.93. The van der Waals surface area contributed by atoms with E-state index in [1.165, 1.54) is 0 Å². The molecule has 20 heavy (non-hydrogen) atoms. The smallest absolute Gasteiger partial charge is 0.134 e. The van der Waals surface area contributed by atoms with Crippen LogP contribution < -0.4 is 19.9 Å². The van der Waals surface area contributed by atoms with Crippen molar-refractivity contribution in [1.82, 2.24) is 0 Å². The van der Waals surface area contributed by atoms with E-state index >= 15 is 0 Å². The van der Waals surface area contributed by atoms with Gasteiger partial charge in [0.15, 0.2) is 0 Å². The van der Waals surface area contributed by atoms with Gasteiger partial charge in [-0.3, -0.25) is 0 Å². The lowest BCUT2D eigenvalue weighted by molar-refractivity contribution is 0.377. The number of rotatable bonds is 4. The van der Waals surface area contributed by atoms with E-state index in [0.29, 0.717) is 28.0 Å². The summed E-state index contributed by atoms with van der Waals surface area (Å²) in [6, 6.07) is 8.99. The number of anilines is 1. The van der Waals surface area contributed by atoms with Gasteiger partial charge < -0.3 is 19.9 Å². The van der Waals surface area contributed by atoms with Crippen LogP contribution in [0.2, 0.25) is 5.02 Å². The molecule has 0 aromatic heterocycles. The number of hydrogen-bond acceptors (Lipinski definition) is 4. The molecule has 0 bridgehead atoms. The molecule has 2 aromatic carbocycles. The van der Waals surface area contributed by atoms with Crippen molar-refractivity contribution in [2.45, 2.75) is 0 Å². The maximum atomic E-state index is 6.08. The summed E-state index contributed by atoms with van der Waals surface area (Å²) >= 11 is 6.08. The summed E-state index contributed by atoms with van der Waals surface area (Å²) in [6.07, 6.45) is 0. The second kappa shape index (κ2) is 5.92. The van der Waals surface area contributed by atoms with Crippen LogP contribution in [0, 0.1) is 0 Å². The number of nitrogens with two attached hydrogens (primary N) is 1. The molecule has 2 N–H and O–H groups in total. The summed E-state index contributed by atoms with van der Waals surface area (Å²) in [5.74, 6) is 1.94. The van der Waals surface area contributed by atoms with Crippen LogP contribution in [0.3, 0.4) is 0 Å². The number of halogens is 1. The molecule has 0 aliphatic carbocycles. The van der Waals surface area contributed by atoms with E-state index in [4.69, 9.17) is 31.5 Å². The van der Waals surface area contributed by atoms with E-state index < -0.39 is 0 Å². The first-order valence-corrected chi connectivity index (χ1v) is 6.34. The predicted octanol–water partition coefficient (Wildman–Crippen LogP) is 3.62. The molecule has 0 saturated carbocycles. The molecule has 4 nitrogen and oxygen atoms in total. The Balaban J connectivity index is 2.67. The minimum atomic E-state index is 0.488. The number of methoxy groups -OCH3 is 3. The van der Waals surface area contributed by atoms with E-state index in [9.17, 15) is 0 Å². The van der Waals surface area contributed by atoms with Gasteiger partial charge in [-0.15, -0.1) is 0 Å². The highest BCUT2D eigenvalue weighted by atomic mass is 35.5. The van der Waals surface area contributed by atoms with Crippen LogP contribution in [0.15, 0.2) is 30.3 Å². The standard InChI is InChI=1S/C15H16ClNO3/c1-18-10-7-13(19-2)15(14(8-10)20-3)9-4-5-12(17)11(16)6-9/h4-8H,17H2,1-3H3. The summed E-state index contributed by atoms with van der Waals surface area (Å²) in [6.45, 7) is 0. The molecular formula is C15H16ClNO3. The van der Waals surface area contributed by atoms with Crippen LogP contribution in [-0.2, 0) is 0 Å². The van der Waals surface area contributed by atoms with Crippen molar-refractivity contribution in [3.8, 4) is 28.4 Å². The highest BCUT2D eigenvalue weighted by Crippen LogP contribution is 2.42. The lowest BCUT2D eigenvalue weighted by Crippen LogP contribution is -1.96. The second-order valence-corrected chi connectivity index (χ2v) is 4.55. The third-order valence-corrected chi connectivity index (χ3v) is 3.33. The number of nitrogen functional groups attached to an aromatic ring is 1. The fourth-order valence-corrected chi connectivity index (χ4v) is 2.15. The number of benzene rings is 2. The monoisotopic (exact) mass is 293 g/mol. The third-order valence-electron chi connectivity index (χ3n) is 3.00. The lowest BCUT2D eigenvalue weighted by atomic mass is 10.0. The van der Waals surface area contributed by atoms with Crippen molar-refractivity contribution in [1.29, 1.82) is 0 Å². The van der Waals surface area contributed by atoms with Crippen molar-refractivity contribution < 1.29 is 14.2 Å². The average molecular weight is 294 g/mol. The molecule has 0 spiro atoms. The quantitative estimate of drug-likeness (QED) is 0.875. The fraction of sp³-hybridized carbons (Fsp3) is 0.200. The largest absolute Gasteiger partial charge is 0.496 e. The molecule has 0 saturated heterocycles. The van der Waals surface area contributed by atoms with Gasteiger partial charge in [-0.1, -0.05) is 17.7 Å². The normalized spacial score (nSPS) is 10.2. The molecule has 0 aliphatic rings. The predicted molar refractivity (Wildman–Crippen MR) is 81.0 cm³/mol. The number of hydrogen-bond donors (Lipinski definition) is 1. The Labute approximate surface area is 123 Å². The summed E-state index contributed by atoms with van der Waals surface area (Å²) in [7, 11) is 4.78. The summed E-state index contributed by atoms with van der Waals surface area (Å²) in [5, 5.41) is 0.488. The van der Waals surface area contributed by atoms with Gasteiger partial charge in [0.25, 0.3) is 0 Å². The molecular weight excluding hydrogens is 278 g/mol. The first-order chi connectivity index (χ1) is 9.60. The van der Waals surface area contributed by atoms with Crippen LogP contribution in [0.1, 0.15) is 0 Å². The zero-order chi connectivity index (χ0) is 14.7. The van der Waals surface area contributed by atoms with Gasteiger partial charge in [-0.2, -0.15) is 0 Å². The Morgan fingerprint density at radius 2 is 1.50 bits per heavy atom. The molecule has 0 atom stereocenters. The van der Waals surface area contributed by atoms with Crippen LogP contribution in [0.5, 0.6) is 17.2 Å². The van der Waals surface area contributed by atoms with Crippen molar-refractivity contribution in [2.75, 3.05) is 27.1 Å². The number of ether oxygens (including phenoxy) is 3. The molecule has 0 unspecified atom stereocenters. The van der Waals surface area contributed by atoms with Gasteiger partial charge in [-0.05, 0) is 17.7 Å². The molecule has 106 valence electrons. The summed E-state index contributed by atoms with van der Waals surface area (Å²) in [4.78, 5) is 0. The zero-order valence-corrected chi connectivity index (χ0v) is 12.3. The van der Waals surface area contributed by atoms with Crippen molar-refractivity contribution >= 4 is 17.3 Å². The van der Waals surface area contributed by atoms with E-state index in [1.807, 2.05) is 6.07 Å². The van der Waals surface area contributed by atoms with Crippen molar-refractivity contribution in [3.05, 3.63) is 35.4 Å². The minimum Gasteiger partial charge on any atom is -0.496 e. The Hall–Kier alpha value is -2.07. The SMILES string of the molecule is COc1cc(OC)c(-c2ccc(N)c(Cl)c2)c(OC)c1. The van der Waals surface area contributed by atoms with Crippen LogP contribution >= 0.6 is 11.6 Å². The molecule has 0 heterocycles. The average Bonchev–Trinajstić information content (AvgIpc) is 2.48. The Morgan fingerprint density at radius 3 is 1.95 bits per heavy atom. The van der Waals surface area contributed by atoms with E-state index in [2.05, 4.69) is 0 Å². The van der Waals surface area contributed by atoms with E-state index in [1.54, 1.807) is 45.6 Å². The Bertz CT molecular complexity index is 604. The van der Waals surface area contributed by atoms with E-state index in [0.717, 1.165) is 11.1 Å². The summed E-state index contributed by atoms with van der Waals surface area (Å²) < 4.78 is 16.1. The molecule has 2 aromatic rings. The second-order valence-electron chi connectivity index (χ2n) is 4.14. The topological polar surface area (TPSA) is 53.7 Å². The third kappa shape index (κ3) is 2.60. The highest BCUT2D eigenvalue weighted by molar-refractivity contribution is 6.33. The first-order valence-electron chi connectivity index (χ1n) is 5.96. The fourth-order valence-electron chi connectivity index (χ4n) is 1.97. The maximum Gasteiger partial charge on any atom is 0.134 e. The Kier molecular flexibility index (Phi) is 4.25. The van der Waals surface area contributed by atoms with Crippen LogP contribution in [0.25, 0.3) is 11.1 Å². The van der Waals surface area contributed by atoms with Crippen molar-refractivity contribution in [3.63, 3.8) is 0 Å². The first kappa shape index (κ1) is 14.3. The van der Waals surface area contributed by atoms with Crippen molar-refractivity contribution in [2.24, 2.45) is 0 Å². The lowest BCUT2D eigenvalue weighted by Gasteiger charge is -2.15. The van der Waals surface area contributed by atoms with E-state index in [-0.39, 0.29) is 0 Å². The van der Waals surface area contributed by atoms with Gasteiger partial charge in [0.05, 0.1) is 37.6 Å². The van der Waals surface area contributed by atoms with Crippen LogP contribution in [-0.4, -0.2) is 21.3 Å². The molecule has 0 fully saturated rings. The zero-order valence-electron chi connectivity index (χ0n) is 11.6. The van der Waals surface area contributed by atoms with Gasteiger partial charge in [-0.25, -0.2) is 0 Å². The van der Waals surface area contributed by atoms with Gasteiger partial charge >= 0.3 is 0 Å². The molecule has 5 heteroatoms. The maximum absolute atomic E-state index is 6.08. The van der Waals surface area contributed by atoms with Crippen LogP contribution in [0.4, 0.5) is 5.69 Å². The highest BCUT2D eigenvalue weighted by Gasteiger charge is 2.16. The molecule has 0 aliphatic heterocycles. The minimum absolute atomic E-state index is 0.488.